The number of rotatable bonds is 8. The number of halogens is 3. The van der Waals surface area contributed by atoms with Crippen LogP contribution in [0.2, 0.25) is 0 Å². The van der Waals surface area contributed by atoms with Gasteiger partial charge in [-0.15, -0.1) is 0 Å². The summed E-state index contributed by atoms with van der Waals surface area (Å²) in [6.07, 6.45) is -4.49. The Morgan fingerprint density at radius 3 is 2.28 bits per heavy atom. The highest BCUT2D eigenvalue weighted by molar-refractivity contribution is 5.95. The van der Waals surface area contributed by atoms with Gasteiger partial charge in [-0.1, -0.05) is 42.5 Å². The van der Waals surface area contributed by atoms with Crippen LogP contribution in [-0.2, 0) is 17.5 Å². The molecule has 0 bridgehead atoms. The molecule has 0 radical (unpaired) electrons. The second kappa shape index (κ2) is 10.2. The molecule has 3 aromatic carbocycles. The summed E-state index contributed by atoms with van der Waals surface area (Å²) >= 11 is 0. The van der Waals surface area contributed by atoms with Crippen LogP contribution < -0.4 is 20.1 Å². The fourth-order valence-electron chi connectivity index (χ4n) is 3.21. The number of amides is 1. The Morgan fingerprint density at radius 1 is 0.906 bits per heavy atom. The summed E-state index contributed by atoms with van der Waals surface area (Å²) in [5.74, 6) is 0.658. The van der Waals surface area contributed by atoms with Crippen LogP contribution in [0, 0.1) is 0 Å². The van der Waals surface area contributed by atoms with E-state index >= 15 is 0 Å². The lowest BCUT2D eigenvalue weighted by molar-refractivity contribution is -0.137. The third-order valence-corrected chi connectivity index (χ3v) is 4.81. The first kappa shape index (κ1) is 23.1. The number of nitrogens with one attached hydrogen (secondary N) is 2. The fraction of sp³-hybridized carbons (Fsp3) is 0.208. The Balaban J connectivity index is 1.80. The van der Waals surface area contributed by atoms with E-state index in [1.807, 2.05) is 12.1 Å². The molecule has 8 heteroatoms. The van der Waals surface area contributed by atoms with Crippen molar-refractivity contribution < 1.29 is 27.4 Å². The molecular formula is C24H23F3N2O3. The van der Waals surface area contributed by atoms with Crippen LogP contribution >= 0.6 is 0 Å². The zero-order chi connectivity index (χ0) is 23.1. The van der Waals surface area contributed by atoms with E-state index in [4.69, 9.17) is 9.47 Å². The first-order valence-electron chi connectivity index (χ1n) is 9.79. The number of benzene rings is 3. The molecule has 0 fully saturated rings. The normalized spacial score (nSPS) is 12.2. The summed E-state index contributed by atoms with van der Waals surface area (Å²) in [4.78, 5) is 13.0. The fourth-order valence-corrected chi connectivity index (χ4v) is 3.21. The highest BCUT2D eigenvalue weighted by Gasteiger charge is 2.30. The van der Waals surface area contributed by atoms with Crippen LogP contribution in [0.25, 0.3) is 0 Å². The standard InChI is InChI=1S/C24H23F3N2O3/c1-31-20-12-11-16(13-21(20)32-2)15-28-22(17-7-4-3-5-8-17)23(30)29-19-10-6-9-18(14-19)24(25,26)27/h3-14,22,28H,15H2,1-2H3,(H,29,30)/t22-/m1/s1. The van der Waals surface area contributed by atoms with E-state index in [0.717, 1.165) is 17.7 Å². The number of anilines is 1. The zero-order valence-electron chi connectivity index (χ0n) is 17.6. The maximum atomic E-state index is 13.0. The molecule has 0 unspecified atom stereocenters. The molecule has 0 aromatic heterocycles. The van der Waals surface area contributed by atoms with Gasteiger partial charge < -0.3 is 14.8 Å². The molecule has 1 amide bonds. The molecule has 0 aliphatic heterocycles. The molecule has 0 aliphatic rings. The number of carbonyl (C=O) groups excluding carboxylic acids is 1. The van der Waals surface area contributed by atoms with E-state index in [0.29, 0.717) is 23.6 Å². The van der Waals surface area contributed by atoms with E-state index in [1.54, 1.807) is 43.5 Å². The smallest absolute Gasteiger partial charge is 0.416 e. The quantitative estimate of drug-likeness (QED) is 0.502. The monoisotopic (exact) mass is 444 g/mol. The van der Waals surface area contributed by atoms with Gasteiger partial charge in [-0.2, -0.15) is 13.2 Å². The molecule has 0 spiro atoms. The molecule has 2 N–H and O–H groups in total. The molecule has 168 valence electrons. The summed E-state index contributed by atoms with van der Waals surface area (Å²) in [5.41, 5.74) is 0.761. The van der Waals surface area contributed by atoms with Gasteiger partial charge in [0.2, 0.25) is 5.91 Å². The van der Waals surface area contributed by atoms with Gasteiger partial charge in [0.25, 0.3) is 0 Å². The molecular weight excluding hydrogens is 421 g/mol. The van der Waals surface area contributed by atoms with Gasteiger partial charge in [0, 0.05) is 12.2 Å². The first-order chi connectivity index (χ1) is 15.3. The maximum Gasteiger partial charge on any atom is 0.416 e. The molecule has 0 heterocycles. The first-order valence-corrected chi connectivity index (χ1v) is 9.79. The Morgan fingerprint density at radius 2 is 1.62 bits per heavy atom. The number of ether oxygens (including phenoxy) is 2. The van der Waals surface area contributed by atoms with Crippen molar-refractivity contribution in [3.8, 4) is 11.5 Å². The van der Waals surface area contributed by atoms with Crippen molar-refractivity contribution in [3.05, 3.63) is 89.5 Å². The molecule has 0 aliphatic carbocycles. The second-order valence-corrected chi connectivity index (χ2v) is 6.98. The van der Waals surface area contributed by atoms with Gasteiger partial charge >= 0.3 is 6.18 Å². The number of alkyl halides is 3. The number of hydrogen-bond donors (Lipinski definition) is 2. The summed E-state index contributed by atoms with van der Waals surface area (Å²) in [7, 11) is 3.07. The van der Waals surface area contributed by atoms with Gasteiger partial charge in [-0.3, -0.25) is 10.1 Å². The number of carbonyl (C=O) groups is 1. The van der Waals surface area contributed by atoms with Crippen molar-refractivity contribution in [1.82, 2.24) is 5.32 Å². The topological polar surface area (TPSA) is 59.6 Å². The van der Waals surface area contributed by atoms with Crippen molar-refractivity contribution in [2.45, 2.75) is 18.8 Å². The molecule has 1 atom stereocenters. The SMILES string of the molecule is COc1ccc(CN[C@@H](C(=O)Nc2cccc(C(F)(F)F)c2)c2ccccc2)cc1OC. The molecule has 0 saturated heterocycles. The van der Waals surface area contributed by atoms with Crippen molar-refractivity contribution in [1.29, 1.82) is 0 Å². The summed E-state index contributed by atoms with van der Waals surface area (Å²) < 4.78 is 49.6. The van der Waals surface area contributed by atoms with Crippen LogP contribution in [-0.4, -0.2) is 20.1 Å². The van der Waals surface area contributed by atoms with E-state index in [-0.39, 0.29) is 5.69 Å². The molecule has 3 rings (SSSR count). The van der Waals surface area contributed by atoms with Crippen LogP contribution in [0.15, 0.2) is 72.8 Å². The third-order valence-electron chi connectivity index (χ3n) is 4.81. The molecule has 0 saturated carbocycles. The maximum absolute atomic E-state index is 13.0. The minimum Gasteiger partial charge on any atom is -0.493 e. The van der Waals surface area contributed by atoms with E-state index in [2.05, 4.69) is 10.6 Å². The lowest BCUT2D eigenvalue weighted by atomic mass is 10.0. The van der Waals surface area contributed by atoms with Crippen LogP contribution in [0.4, 0.5) is 18.9 Å². The lowest BCUT2D eigenvalue weighted by Crippen LogP contribution is -2.32. The predicted octanol–water partition coefficient (Wildman–Crippen LogP) is 5.19. The van der Waals surface area contributed by atoms with Gasteiger partial charge in [0.15, 0.2) is 11.5 Å². The average Bonchev–Trinajstić information content (AvgIpc) is 2.79. The Labute approximate surface area is 184 Å². The number of methoxy groups -OCH3 is 2. The van der Waals surface area contributed by atoms with Crippen LogP contribution in [0.3, 0.4) is 0 Å². The molecule has 5 nitrogen and oxygen atoms in total. The zero-order valence-corrected chi connectivity index (χ0v) is 17.6. The predicted molar refractivity (Wildman–Crippen MR) is 116 cm³/mol. The Bertz CT molecular complexity index is 1060. The van der Waals surface area contributed by atoms with Crippen molar-refractivity contribution in [3.63, 3.8) is 0 Å². The van der Waals surface area contributed by atoms with E-state index in [9.17, 15) is 18.0 Å². The van der Waals surface area contributed by atoms with Gasteiger partial charge in [-0.25, -0.2) is 0 Å². The summed E-state index contributed by atoms with van der Waals surface area (Å²) in [5, 5.41) is 5.76. The van der Waals surface area contributed by atoms with Gasteiger partial charge in [0.1, 0.15) is 6.04 Å². The van der Waals surface area contributed by atoms with Crippen molar-refractivity contribution in [2.75, 3.05) is 19.5 Å². The van der Waals surface area contributed by atoms with Crippen molar-refractivity contribution in [2.24, 2.45) is 0 Å². The summed E-state index contributed by atoms with van der Waals surface area (Å²) in [6.45, 7) is 0.315. The third kappa shape index (κ3) is 5.79. The van der Waals surface area contributed by atoms with Gasteiger partial charge in [0.05, 0.1) is 19.8 Å². The highest BCUT2D eigenvalue weighted by atomic mass is 19.4. The van der Waals surface area contributed by atoms with Gasteiger partial charge in [-0.05, 0) is 41.5 Å². The molecule has 3 aromatic rings. The molecule has 32 heavy (non-hydrogen) atoms. The average molecular weight is 444 g/mol. The van der Waals surface area contributed by atoms with Crippen LogP contribution in [0.5, 0.6) is 11.5 Å². The Kier molecular flexibility index (Phi) is 7.37. The number of hydrogen-bond acceptors (Lipinski definition) is 4. The van der Waals surface area contributed by atoms with Crippen molar-refractivity contribution >= 4 is 11.6 Å². The van der Waals surface area contributed by atoms with E-state index < -0.39 is 23.7 Å². The summed E-state index contributed by atoms with van der Waals surface area (Å²) in [6, 6.07) is 18.1. The Hall–Kier alpha value is -3.52. The minimum absolute atomic E-state index is 0.0682. The second-order valence-electron chi connectivity index (χ2n) is 6.98. The largest absolute Gasteiger partial charge is 0.493 e. The highest BCUT2D eigenvalue weighted by Crippen LogP contribution is 2.31. The van der Waals surface area contributed by atoms with E-state index in [1.165, 1.54) is 19.2 Å². The van der Waals surface area contributed by atoms with Crippen LogP contribution in [0.1, 0.15) is 22.7 Å². The lowest BCUT2D eigenvalue weighted by Gasteiger charge is -2.20. The minimum atomic E-state index is -4.49.